The Bertz CT molecular complexity index is 707. The highest BCUT2D eigenvalue weighted by Gasteiger charge is 2.21. The molecule has 0 saturated carbocycles. The Morgan fingerprint density at radius 1 is 1.00 bits per heavy atom. The van der Waals surface area contributed by atoms with Crippen LogP contribution >= 0.6 is 0 Å². The van der Waals surface area contributed by atoms with Gasteiger partial charge in [0.15, 0.2) is 0 Å². The summed E-state index contributed by atoms with van der Waals surface area (Å²) >= 11 is 0. The molecule has 1 fully saturated rings. The summed E-state index contributed by atoms with van der Waals surface area (Å²) in [4.78, 5) is 14.7. The number of nitrogens with zero attached hydrogens (tertiary/aromatic N) is 1. The molecule has 1 aliphatic rings. The molecule has 0 atom stereocenters. The topological polar surface area (TPSA) is 50.8 Å². The van der Waals surface area contributed by atoms with Crippen LogP contribution in [0.15, 0.2) is 48.5 Å². The van der Waals surface area contributed by atoms with Crippen LogP contribution in [0.4, 0.5) is 5.69 Å². The van der Waals surface area contributed by atoms with E-state index in [4.69, 9.17) is 9.47 Å². The molecule has 25 heavy (non-hydrogen) atoms. The lowest BCUT2D eigenvalue weighted by molar-refractivity contribution is 0.0930. The predicted octanol–water partition coefficient (Wildman–Crippen LogP) is 3.10. The van der Waals surface area contributed by atoms with Crippen LogP contribution in [0, 0.1) is 0 Å². The summed E-state index contributed by atoms with van der Waals surface area (Å²) in [5.41, 5.74) is 1.83. The first-order chi connectivity index (χ1) is 12.2. The molecule has 0 bridgehead atoms. The van der Waals surface area contributed by atoms with Crippen molar-refractivity contribution < 1.29 is 14.3 Å². The Morgan fingerprint density at radius 2 is 1.68 bits per heavy atom. The smallest absolute Gasteiger partial charge is 0.251 e. The zero-order valence-electron chi connectivity index (χ0n) is 14.7. The third kappa shape index (κ3) is 4.24. The van der Waals surface area contributed by atoms with Gasteiger partial charge in [-0.05, 0) is 55.3 Å². The van der Waals surface area contributed by atoms with Crippen LogP contribution in [0.1, 0.15) is 23.2 Å². The van der Waals surface area contributed by atoms with Crippen LogP contribution in [0.2, 0.25) is 0 Å². The lowest BCUT2D eigenvalue weighted by atomic mass is 10.0. The van der Waals surface area contributed by atoms with Crippen molar-refractivity contribution in [2.75, 3.05) is 32.2 Å². The van der Waals surface area contributed by atoms with Gasteiger partial charge < -0.3 is 19.7 Å². The molecule has 1 aliphatic heterocycles. The summed E-state index contributed by atoms with van der Waals surface area (Å²) in [7, 11) is 3.28. The molecule has 0 unspecified atom stereocenters. The van der Waals surface area contributed by atoms with Crippen LogP contribution < -0.4 is 19.7 Å². The molecule has 2 aromatic rings. The van der Waals surface area contributed by atoms with Crippen LogP contribution in [0.5, 0.6) is 11.5 Å². The van der Waals surface area contributed by atoms with E-state index in [1.54, 1.807) is 20.3 Å². The summed E-state index contributed by atoms with van der Waals surface area (Å²) in [6, 6.07) is 15.6. The molecule has 1 N–H and O–H groups in total. The first-order valence-electron chi connectivity index (χ1n) is 8.53. The maximum atomic E-state index is 12.4. The summed E-state index contributed by atoms with van der Waals surface area (Å²) < 4.78 is 10.4. The van der Waals surface area contributed by atoms with E-state index in [2.05, 4.69) is 22.3 Å². The van der Waals surface area contributed by atoms with Gasteiger partial charge in [-0.1, -0.05) is 6.07 Å². The summed E-state index contributed by atoms with van der Waals surface area (Å²) in [5, 5.41) is 3.14. The number of methoxy groups -OCH3 is 2. The van der Waals surface area contributed by atoms with Gasteiger partial charge in [-0.3, -0.25) is 4.79 Å². The first kappa shape index (κ1) is 17.1. The molecular weight excluding hydrogens is 316 g/mol. The van der Waals surface area contributed by atoms with Crippen molar-refractivity contribution in [1.29, 1.82) is 0 Å². The minimum Gasteiger partial charge on any atom is -0.497 e. The van der Waals surface area contributed by atoms with Crippen LogP contribution in [0.25, 0.3) is 0 Å². The Kier molecular flexibility index (Phi) is 5.43. The second kappa shape index (κ2) is 7.92. The van der Waals surface area contributed by atoms with Gasteiger partial charge in [0.2, 0.25) is 0 Å². The number of nitrogens with one attached hydrogen (secondary N) is 1. The zero-order chi connectivity index (χ0) is 17.6. The molecule has 0 spiro atoms. The number of carbonyl (C=O) groups is 1. The van der Waals surface area contributed by atoms with Crippen molar-refractivity contribution in [2.45, 2.75) is 18.9 Å². The number of hydrogen-bond donors (Lipinski definition) is 1. The van der Waals surface area contributed by atoms with E-state index < -0.39 is 0 Å². The molecule has 5 heteroatoms. The SMILES string of the molecule is COc1ccc(N2CCC(NC(=O)c3cccc(OC)c3)CC2)cc1. The molecule has 5 nitrogen and oxygen atoms in total. The van der Waals surface area contributed by atoms with Crippen LogP contribution in [0.3, 0.4) is 0 Å². The van der Waals surface area contributed by atoms with Crippen molar-refractivity contribution in [3.63, 3.8) is 0 Å². The lowest BCUT2D eigenvalue weighted by Crippen LogP contribution is -2.44. The van der Waals surface area contributed by atoms with E-state index in [-0.39, 0.29) is 11.9 Å². The zero-order valence-corrected chi connectivity index (χ0v) is 14.7. The Hall–Kier alpha value is -2.69. The van der Waals surface area contributed by atoms with Gasteiger partial charge in [0.25, 0.3) is 5.91 Å². The normalized spacial score (nSPS) is 14.9. The Balaban J connectivity index is 1.54. The van der Waals surface area contributed by atoms with Gasteiger partial charge in [0, 0.05) is 30.4 Å². The number of amides is 1. The molecule has 0 aliphatic carbocycles. The van der Waals surface area contributed by atoms with Gasteiger partial charge in [-0.2, -0.15) is 0 Å². The van der Waals surface area contributed by atoms with Crippen LogP contribution in [-0.2, 0) is 0 Å². The largest absolute Gasteiger partial charge is 0.497 e. The fraction of sp³-hybridized carbons (Fsp3) is 0.350. The minimum atomic E-state index is -0.0400. The fourth-order valence-electron chi connectivity index (χ4n) is 3.11. The lowest BCUT2D eigenvalue weighted by Gasteiger charge is -2.34. The third-order valence-electron chi connectivity index (χ3n) is 4.60. The quantitative estimate of drug-likeness (QED) is 0.909. The number of ether oxygens (including phenoxy) is 2. The number of hydrogen-bond acceptors (Lipinski definition) is 4. The van der Waals surface area contributed by atoms with Gasteiger partial charge in [0.05, 0.1) is 14.2 Å². The number of rotatable bonds is 5. The molecule has 1 saturated heterocycles. The second-order valence-corrected chi connectivity index (χ2v) is 6.16. The number of carbonyl (C=O) groups excluding carboxylic acids is 1. The second-order valence-electron chi connectivity index (χ2n) is 6.16. The van der Waals surface area contributed by atoms with Gasteiger partial charge in [0.1, 0.15) is 11.5 Å². The van der Waals surface area contributed by atoms with E-state index in [9.17, 15) is 4.79 Å². The maximum Gasteiger partial charge on any atom is 0.251 e. The standard InChI is InChI=1S/C20H24N2O3/c1-24-18-8-6-17(7-9-18)22-12-10-16(11-13-22)21-20(23)15-4-3-5-19(14-15)25-2/h3-9,14,16H,10-13H2,1-2H3,(H,21,23). The number of benzene rings is 2. The van der Waals surface area contributed by atoms with E-state index in [1.807, 2.05) is 30.3 Å². The molecule has 1 amide bonds. The molecular formula is C20H24N2O3. The van der Waals surface area contributed by atoms with Crippen molar-refractivity contribution in [2.24, 2.45) is 0 Å². The minimum absolute atomic E-state index is 0.0400. The monoisotopic (exact) mass is 340 g/mol. The van der Waals surface area contributed by atoms with E-state index in [1.165, 1.54) is 5.69 Å². The molecule has 1 heterocycles. The molecule has 0 radical (unpaired) electrons. The number of piperidine rings is 1. The molecule has 0 aromatic heterocycles. The van der Waals surface area contributed by atoms with E-state index >= 15 is 0 Å². The predicted molar refractivity (Wildman–Crippen MR) is 98.7 cm³/mol. The molecule has 2 aromatic carbocycles. The van der Waals surface area contributed by atoms with Crippen molar-refractivity contribution >= 4 is 11.6 Å². The van der Waals surface area contributed by atoms with E-state index in [0.717, 1.165) is 31.7 Å². The summed E-state index contributed by atoms with van der Waals surface area (Å²) in [5.74, 6) is 1.52. The highest BCUT2D eigenvalue weighted by atomic mass is 16.5. The Labute approximate surface area is 148 Å². The van der Waals surface area contributed by atoms with Crippen molar-refractivity contribution in [3.05, 3.63) is 54.1 Å². The van der Waals surface area contributed by atoms with Crippen LogP contribution in [-0.4, -0.2) is 39.3 Å². The van der Waals surface area contributed by atoms with Crippen molar-refractivity contribution in [1.82, 2.24) is 5.32 Å². The molecule has 3 rings (SSSR count). The fourth-order valence-corrected chi connectivity index (χ4v) is 3.11. The Morgan fingerprint density at radius 3 is 2.32 bits per heavy atom. The summed E-state index contributed by atoms with van der Waals surface area (Å²) in [6.07, 6.45) is 1.86. The third-order valence-corrected chi connectivity index (χ3v) is 4.60. The maximum absolute atomic E-state index is 12.4. The van der Waals surface area contributed by atoms with Gasteiger partial charge >= 0.3 is 0 Å². The van der Waals surface area contributed by atoms with E-state index in [0.29, 0.717) is 11.3 Å². The average molecular weight is 340 g/mol. The highest BCUT2D eigenvalue weighted by molar-refractivity contribution is 5.94. The average Bonchev–Trinajstić information content (AvgIpc) is 2.68. The summed E-state index contributed by atoms with van der Waals surface area (Å²) in [6.45, 7) is 1.85. The first-order valence-corrected chi connectivity index (χ1v) is 8.53. The van der Waals surface area contributed by atoms with Gasteiger partial charge in [-0.15, -0.1) is 0 Å². The highest BCUT2D eigenvalue weighted by Crippen LogP contribution is 2.23. The van der Waals surface area contributed by atoms with Gasteiger partial charge in [-0.25, -0.2) is 0 Å². The van der Waals surface area contributed by atoms with Crippen molar-refractivity contribution in [3.8, 4) is 11.5 Å². The molecule has 132 valence electrons. The number of anilines is 1.